The molecule has 0 unspecified atom stereocenters. The summed E-state index contributed by atoms with van der Waals surface area (Å²) in [5.41, 5.74) is 3.04. The molecule has 3 heteroatoms. The van der Waals surface area contributed by atoms with E-state index in [1.54, 1.807) is 14.2 Å². The van der Waals surface area contributed by atoms with Gasteiger partial charge in [0.15, 0.2) is 0 Å². The first-order valence-electron chi connectivity index (χ1n) is 9.75. The van der Waals surface area contributed by atoms with Crippen molar-refractivity contribution in [3.8, 4) is 23.3 Å². The van der Waals surface area contributed by atoms with E-state index in [0.29, 0.717) is 6.61 Å². The average molecular weight is 386 g/mol. The summed E-state index contributed by atoms with van der Waals surface area (Å²) in [4.78, 5) is 0. The van der Waals surface area contributed by atoms with Gasteiger partial charge in [0.05, 0.1) is 20.8 Å². The summed E-state index contributed by atoms with van der Waals surface area (Å²) < 4.78 is 16.0. The molecule has 0 amide bonds. The number of ether oxygens (including phenoxy) is 3. The molecule has 0 atom stereocenters. The van der Waals surface area contributed by atoms with Crippen molar-refractivity contribution in [3.63, 3.8) is 0 Å². The van der Waals surface area contributed by atoms with Crippen molar-refractivity contribution in [2.75, 3.05) is 27.4 Å². The first-order valence-corrected chi connectivity index (χ1v) is 9.75. The zero-order chi connectivity index (χ0) is 20.5. The molecule has 0 aliphatic heterocycles. The van der Waals surface area contributed by atoms with Gasteiger partial charge in [-0.05, 0) is 66.1 Å². The molecular formula is C26H26O3. The first-order chi connectivity index (χ1) is 14.2. The van der Waals surface area contributed by atoms with Crippen LogP contribution < -0.4 is 9.47 Å². The van der Waals surface area contributed by atoms with Crippen LogP contribution in [-0.4, -0.2) is 27.4 Å². The predicted octanol–water partition coefficient (Wildman–Crippen LogP) is 5.72. The Morgan fingerprint density at radius 3 is 2.28 bits per heavy atom. The van der Waals surface area contributed by atoms with E-state index in [-0.39, 0.29) is 0 Å². The molecule has 3 nitrogen and oxygen atoms in total. The minimum atomic E-state index is 0.690. The van der Waals surface area contributed by atoms with E-state index in [9.17, 15) is 0 Å². The minimum absolute atomic E-state index is 0.690. The van der Waals surface area contributed by atoms with E-state index in [0.717, 1.165) is 52.0 Å². The Bertz CT molecular complexity index is 1040. The van der Waals surface area contributed by atoms with Crippen LogP contribution >= 0.6 is 0 Å². The lowest BCUT2D eigenvalue weighted by atomic mass is 10.0. The molecule has 3 rings (SSSR count). The maximum Gasteiger partial charge on any atom is 0.119 e. The first kappa shape index (κ1) is 20.5. The highest BCUT2D eigenvalue weighted by Crippen LogP contribution is 2.22. The third-order valence-corrected chi connectivity index (χ3v) is 4.60. The summed E-state index contributed by atoms with van der Waals surface area (Å²) in [6, 6.07) is 20.3. The van der Waals surface area contributed by atoms with Crippen LogP contribution in [0.2, 0.25) is 0 Å². The van der Waals surface area contributed by atoms with Gasteiger partial charge in [-0.15, -0.1) is 0 Å². The molecule has 0 saturated carbocycles. The number of rotatable bonds is 7. The van der Waals surface area contributed by atoms with Gasteiger partial charge in [0, 0.05) is 17.7 Å². The van der Waals surface area contributed by atoms with Crippen molar-refractivity contribution >= 4 is 16.3 Å². The Morgan fingerprint density at radius 1 is 0.862 bits per heavy atom. The van der Waals surface area contributed by atoms with Crippen molar-refractivity contribution in [2.45, 2.75) is 13.3 Å². The largest absolute Gasteiger partial charge is 0.497 e. The van der Waals surface area contributed by atoms with Gasteiger partial charge in [0.1, 0.15) is 11.5 Å². The maximum absolute atomic E-state index is 5.46. The van der Waals surface area contributed by atoms with Crippen LogP contribution in [0.1, 0.15) is 24.5 Å². The van der Waals surface area contributed by atoms with Crippen LogP contribution in [0.25, 0.3) is 16.3 Å². The summed E-state index contributed by atoms with van der Waals surface area (Å²) in [5.74, 6) is 8.35. The monoisotopic (exact) mass is 386 g/mol. The lowest BCUT2D eigenvalue weighted by Crippen LogP contribution is -1.92. The number of benzene rings is 3. The van der Waals surface area contributed by atoms with Crippen LogP contribution in [0.3, 0.4) is 0 Å². The lowest BCUT2D eigenvalue weighted by molar-refractivity contribution is 0.152. The Balaban J connectivity index is 1.88. The third-order valence-electron chi connectivity index (χ3n) is 4.60. The Kier molecular flexibility index (Phi) is 7.33. The van der Waals surface area contributed by atoms with Crippen molar-refractivity contribution in [1.29, 1.82) is 0 Å². The van der Waals surface area contributed by atoms with Gasteiger partial charge in [-0.3, -0.25) is 0 Å². The van der Waals surface area contributed by atoms with Crippen molar-refractivity contribution in [1.82, 2.24) is 0 Å². The second-order valence-corrected chi connectivity index (χ2v) is 6.51. The fourth-order valence-corrected chi connectivity index (χ4v) is 3.01. The molecule has 29 heavy (non-hydrogen) atoms. The molecule has 0 spiro atoms. The van der Waals surface area contributed by atoms with Gasteiger partial charge in [0.2, 0.25) is 0 Å². The third kappa shape index (κ3) is 5.63. The van der Waals surface area contributed by atoms with Gasteiger partial charge >= 0.3 is 0 Å². The highest BCUT2D eigenvalue weighted by molar-refractivity contribution is 5.86. The zero-order valence-electron chi connectivity index (χ0n) is 17.2. The topological polar surface area (TPSA) is 27.7 Å². The van der Waals surface area contributed by atoms with Crippen molar-refractivity contribution < 1.29 is 14.2 Å². The molecule has 0 aromatic heterocycles. The van der Waals surface area contributed by atoms with E-state index in [2.05, 4.69) is 36.1 Å². The number of allylic oxidation sites excluding steroid dienone is 1. The predicted molar refractivity (Wildman–Crippen MR) is 119 cm³/mol. The summed E-state index contributed by atoms with van der Waals surface area (Å²) >= 11 is 0. The van der Waals surface area contributed by atoms with Gasteiger partial charge in [-0.2, -0.15) is 0 Å². The van der Waals surface area contributed by atoms with E-state index in [1.165, 1.54) is 0 Å². The molecule has 0 aliphatic rings. The molecule has 148 valence electrons. The normalized spacial score (nSPS) is 11.1. The quantitative estimate of drug-likeness (QED) is 0.384. The van der Waals surface area contributed by atoms with Gasteiger partial charge in [-0.1, -0.05) is 42.2 Å². The molecule has 0 heterocycles. The molecule has 0 radical (unpaired) electrons. The Hall–Kier alpha value is -3.22. The van der Waals surface area contributed by atoms with E-state index in [1.807, 2.05) is 49.4 Å². The number of methoxy groups -OCH3 is 2. The van der Waals surface area contributed by atoms with Gasteiger partial charge < -0.3 is 14.2 Å². The summed E-state index contributed by atoms with van der Waals surface area (Å²) in [6.07, 6.45) is 2.96. The fraction of sp³-hybridized carbons (Fsp3) is 0.231. The maximum atomic E-state index is 5.46. The Labute approximate surface area is 172 Å². The average Bonchev–Trinajstić information content (AvgIpc) is 2.78. The van der Waals surface area contributed by atoms with Crippen LogP contribution in [0, 0.1) is 11.8 Å². The smallest absolute Gasteiger partial charge is 0.119 e. The molecule has 0 saturated heterocycles. The second-order valence-electron chi connectivity index (χ2n) is 6.51. The highest BCUT2D eigenvalue weighted by Gasteiger charge is 2.01. The zero-order valence-corrected chi connectivity index (χ0v) is 17.2. The van der Waals surface area contributed by atoms with Crippen LogP contribution in [0.15, 0.2) is 66.7 Å². The number of hydrogen-bond acceptors (Lipinski definition) is 3. The molecule has 3 aromatic rings. The van der Waals surface area contributed by atoms with E-state index >= 15 is 0 Å². The lowest BCUT2D eigenvalue weighted by Gasteiger charge is -2.05. The van der Waals surface area contributed by atoms with Crippen LogP contribution in [0.4, 0.5) is 0 Å². The summed E-state index contributed by atoms with van der Waals surface area (Å²) in [6.45, 7) is 3.41. The van der Waals surface area contributed by atoms with E-state index in [4.69, 9.17) is 14.2 Å². The number of hydrogen-bond donors (Lipinski definition) is 0. The molecule has 0 bridgehead atoms. The highest BCUT2D eigenvalue weighted by atomic mass is 16.5. The van der Waals surface area contributed by atoms with Crippen LogP contribution in [-0.2, 0) is 4.74 Å². The minimum Gasteiger partial charge on any atom is -0.497 e. The summed E-state index contributed by atoms with van der Waals surface area (Å²) in [5, 5.41) is 2.28. The van der Waals surface area contributed by atoms with Gasteiger partial charge in [-0.25, -0.2) is 0 Å². The Morgan fingerprint density at radius 2 is 1.55 bits per heavy atom. The number of fused-ring (bicyclic) bond motifs is 1. The summed E-state index contributed by atoms with van der Waals surface area (Å²) in [7, 11) is 3.35. The second kappa shape index (κ2) is 10.4. The van der Waals surface area contributed by atoms with Crippen molar-refractivity contribution in [2.24, 2.45) is 0 Å². The molecule has 0 fully saturated rings. The van der Waals surface area contributed by atoms with Gasteiger partial charge in [0.25, 0.3) is 0 Å². The molecule has 0 aliphatic carbocycles. The molecular weight excluding hydrogens is 360 g/mol. The van der Waals surface area contributed by atoms with Crippen molar-refractivity contribution in [3.05, 3.63) is 77.9 Å². The SMILES string of the molecule is CCOCC/C=C(\C#Cc1ccc2cc(OC)ccc2c1)c1ccc(OC)cc1. The standard InChI is InChI=1S/C26H26O3/c1-4-29-17-5-6-21(22-11-14-25(27-2)15-12-22)9-7-20-8-10-24-19-26(28-3)16-13-23(24)18-20/h6,8,10-16,18-19H,4-5,17H2,1-3H3/b21-6+. The fourth-order valence-electron chi connectivity index (χ4n) is 3.01. The molecule has 0 N–H and O–H groups in total. The van der Waals surface area contributed by atoms with E-state index < -0.39 is 0 Å². The molecule has 3 aromatic carbocycles. The van der Waals surface area contributed by atoms with Crippen LogP contribution in [0.5, 0.6) is 11.5 Å².